The van der Waals surface area contributed by atoms with Crippen molar-refractivity contribution in [2.45, 2.75) is 6.92 Å². The molecule has 0 radical (unpaired) electrons. The number of benzene rings is 2. The molecule has 0 atom stereocenters. The molecule has 146 valence electrons. The summed E-state index contributed by atoms with van der Waals surface area (Å²) >= 11 is 6.85. The van der Waals surface area contributed by atoms with Gasteiger partial charge in [0.25, 0.3) is 5.91 Å². The smallest absolute Gasteiger partial charge is 0.271 e. The average molecular weight is 510 g/mol. The second-order valence-electron chi connectivity index (χ2n) is 5.30. The fourth-order valence-corrected chi connectivity index (χ4v) is 3.67. The van der Waals surface area contributed by atoms with Crippen LogP contribution in [-0.4, -0.2) is 32.4 Å². The summed E-state index contributed by atoms with van der Waals surface area (Å²) in [5.74, 6) is 3.70. The summed E-state index contributed by atoms with van der Waals surface area (Å²) in [6.07, 6.45) is 6.73. The first kappa shape index (κ1) is 21.8. The number of nitrogens with zero attached hydrogens (tertiary/aromatic N) is 1. The Morgan fingerprint density at radius 3 is 2.54 bits per heavy atom. The summed E-state index contributed by atoms with van der Waals surface area (Å²) in [6, 6.07) is 8.52. The van der Waals surface area contributed by atoms with Gasteiger partial charge < -0.3 is 14.2 Å². The third-order valence-corrected chi connectivity index (χ3v) is 4.60. The highest BCUT2D eigenvalue weighted by Crippen LogP contribution is 2.34. The number of nitrogens with one attached hydrogen (secondary N) is 1. The maximum absolute atomic E-state index is 12.3. The summed E-state index contributed by atoms with van der Waals surface area (Å²) < 4.78 is 17.6. The highest BCUT2D eigenvalue weighted by atomic mass is 79.9. The van der Waals surface area contributed by atoms with Crippen LogP contribution in [0.2, 0.25) is 0 Å². The van der Waals surface area contributed by atoms with Gasteiger partial charge in [0.15, 0.2) is 11.5 Å². The first-order valence-electron chi connectivity index (χ1n) is 8.19. The Balaban J connectivity index is 2.08. The van der Waals surface area contributed by atoms with E-state index in [1.54, 1.807) is 30.3 Å². The predicted octanol–water partition coefficient (Wildman–Crippen LogP) is 4.39. The van der Waals surface area contributed by atoms with Crippen LogP contribution in [0.4, 0.5) is 0 Å². The quantitative estimate of drug-likeness (QED) is 0.325. The van der Waals surface area contributed by atoms with Gasteiger partial charge in [0, 0.05) is 5.56 Å². The van der Waals surface area contributed by atoms with Gasteiger partial charge in [-0.05, 0) is 74.7 Å². The molecule has 1 N–H and O–H groups in total. The number of methoxy groups -OCH3 is 1. The third-order valence-electron chi connectivity index (χ3n) is 3.43. The molecule has 0 aliphatic heterocycles. The molecule has 0 saturated carbocycles. The van der Waals surface area contributed by atoms with E-state index in [0.29, 0.717) is 38.4 Å². The number of carbonyl (C=O) groups is 1. The van der Waals surface area contributed by atoms with Crippen molar-refractivity contribution in [3.05, 3.63) is 50.4 Å². The van der Waals surface area contributed by atoms with Crippen LogP contribution in [0.25, 0.3) is 0 Å². The van der Waals surface area contributed by atoms with Gasteiger partial charge in [-0.3, -0.25) is 4.79 Å². The Morgan fingerprint density at radius 2 is 1.93 bits per heavy atom. The number of hydrogen-bond donors (Lipinski definition) is 1. The molecule has 2 rings (SSSR count). The first-order valence-corrected chi connectivity index (χ1v) is 9.78. The van der Waals surface area contributed by atoms with Crippen LogP contribution in [0.1, 0.15) is 22.8 Å². The van der Waals surface area contributed by atoms with Gasteiger partial charge in [-0.15, -0.1) is 6.42 Å². The van der Waals surface area contributed by atoms with Crippen molar-refractivity contribution >= 4 is 44.0 Å². The summed E-state index contributed by atoms with van der Waals surface area (Å²) in [7, 11) is 1.52. The molecule has 2 aromatic carbocycles. The number of carbonyl (C=O) groups excluding carboxylic acids is 1. The molecule has 0 aromatic heterocycles. The summed E-state index contributed by atoms with van der Waals surface area (Å²) in [5.41, 5.74) is 3.63. The molecule has 0 spiro atoms. The van der Waals surface area contributed by atoms with E-state index in [1.807, 2.05) is 6.92 Å². The Hall–Kier alpha value is -2.50. The molecule has 0 fully saturated rings. The fourth-order valence-electron chi connectivity index (χ4n) is 2.22. The minimum Gasteiger partial charge on any atom is -0.493 e. The molecule has 0 bridgehead atoms. The van der Waals surface area contributed by atoms with Crippen molar-refractivity contribution in [1.29, 1.82) is 0 Å². The van der Waals surface area contributed by atoms with E-state index in [1.165, 1.54) is 13.3 Å². The molecular weight excluding hydrogens is 492 g/mol. The van der Waals surface area contributed by atoms with Gasteiger partial charge in [-0.1, -0.05) is 5.92 Å². The number of hydrogen-bond acceptors (Lipinski definition) is 5. The lowest BCUT2D eigenvalue weighted by molar-refractivity contribution is 0.0954. The van der Waals surface area contributed by atoms with Gasteiger partial charge in [0.05, 0.1) is 28.9 Å². The van der Waals surface area contributed by atoms with Crippen molar-refractivity contribution in [3.63, 3.8) is 0 Å². The van der Waals surface area contributed by atoms with E-state index >= 15 is 0 Å². The number of halogens is 2. The fraction of sp³-hybridized carbons (Fsp3) is 0.200. The van der Waals surface area contributed by atoms with Crippen LogP contribution in [0.15, 0.2) is 44.4 Å². The van der Waals surface area contributed by atoms with E-state index in [0.717, 1.165) is 5.56 Å². The molecule has 0 saturated heterocycles. The number of ether oxygens (including phenoxy) is 3. The number of hydrazone groups is 1. The normalized spacial score (nSPS) is 10.4. The molecule has 0 heterocycles. The van der Waals surface area contributed by atoms with Crippen LogP contribution in [0.5, 0.6) is 17.2 Å². The highest BCUT2D eigenvalue weighted by molar-refractivity contribution is 9.11. The van der Waals surface area contributed by atoms with Gasteiger partial charge in [-0.2, -0.15) is 5.10 Å². The lowest BCUT2D eigenvalue weighted by Gasteiger charge is -2.10. The van der Waals surface area contributed by atoms with Gasteiger partial charge >= 0.3 is 0 Å². The molecule has 0 unspecified atom stereocenters. The van der Waals surface area contributed by atoms with Gasteiger partial charge in [-0.25, -0.2) is 5.43 Å². The molecule has 0 aliphatic rings. The van der Waals surface area contributed by atoms with Crippen LogP contribution in [0.3, 0.4) is 0 Å². The zero-order chi connectivity index (χ0) is 20.5. The molecule has 1 amide bonds. The first-order chi connectivity index (χ1) is 13.5. The Labute approximate surface area is 180 Å². The lowest BCUT2D eigenvalue weighted by Crippen LogP contribution is -2.17. The molecule has 2 aromatic rings. The standard InChI is InChI=1S/C20H18Br2N2O4/c1-4-8-28-19-15(21)9-13(10-16(19)22)12-23-24-20(25)14-6-7-17(27-5-2)18(11-14)26-3/h1,6-7,9-12H,5,8H2,2-3H3,(H,24,25)/b23-12+. The molecule has 6 nitrogen and oxygen atoms in total. The van der Waals surface area contributed by atoms with Crippen LogP contribution in [0, 0.1) is 12.3 Å². The van der Waals surface area contributed by atoms with E-state index < -0.39 is 0 Å². The largest absolute Gasteiger partial charge is 0.493 e. The maximum Gasteiger partial charge on any atom is 0.271 e. The van der Waals surface area contributed by atoms with Crippen LogP contribution in [-0.2, 0) is 0 Å². The van der Waals surface area contributed by atoms with Crippen molar-refractivity contribution in [3.8, 4) is 29.6 Å². The molecule has 0 aliphatic carbocycles. The Bertz CT molecular complexity index is 900. The monoisotopic (exact) mass is 508 g/mol. The van der Waals surface area contributed by atoms with Crippen molar-refractivity contribution in [2.24, 2.45) is 5.10 Å². The summed E-state index contributed by atoms with van der Waals surface area (Å²) in [5, 5.41) is 3.99. The third kappa shape index (κ3) is 5.75. The van der Waals surface area contributed by atoms with E-state index in [4.69, 9.17) is 20.6 Å². The maximum atomic E-state index is 12.3. The minimum atomic E-state index is -0.371. The molecule has 8 heteroatoms. The van der Waals surface area contributed by atoms with Crippen molar-refractivity contribution < 1.29 is 19.0 Å². The van der Waals surface area contributed by atoms with Gasteiger partial charge in [0.2, 0.25) is 0 Å². The SMILES string of the molecule is C#CCOc1c(Br)cc(/C=N/NC(=O)c2ccc(OCC)c(OC)c2)cc1Br. The topological polar surface area (TPSA) is 69.2 Å². The number of rotatable bonds is 8. The molecular formula is C20H18Br2N2O4. The zero-order valence-electron chi connectivity index (χ0n) is 15.3. The van der Waals surface area contributed by atoms with E-state index in [9.17, 15) is 4.79 Å². The van der Waals surface area contributed by atoms with Crippen molar-refractivity contribution in [1.82, 2.24) is 5.43 Å². The van der Waals surface area contributed by atoms with Crippen LogP contribution >= 0.6 is 31.9 Å². The predicted molar refractivity (Wildman–Crippen MR) is 115 cm³/mol. The van der Waals surface area contributed by atoms with E-state index in [2.05, 4.69) is 48.3 Å². The lowest BCUT2D eigenvalue weighted by atomic mass is 10.2. The second-order valence-corrected chi connectivity index (χ2v) is 7.01. The van der Waals surface area contributed by atoms with E-state index in [-0.39, 0.29) is 12.5 Å². The Kier molecular flexibility index (Phi) is 8.36. The Morgan fingerprint density at radius 1 is 1.21 bits per heavy atom. The second kappa shape index (κ2) is 10.7. The number of amides is 1. The molecule has 28 heavy (non-hydrogen) atoms. The zero-order valence-corrected chi connectivity index (χ0v) is 18.5. The van der Waals surface area contributed by atoms with Gasteiger partial charge in [0.1, 0.15) is 12.4 Å². The van der Waals surface area contributed by atoms with Crippen molar-refractivity contribution in [2.75, 3.05) is 20.3 Å². The highest BCUT2D eigenvalue weighted by Gasteiger charge is 2.11. The average Bonchev–Trinajstić information content (AvgIpc) is 2.68. The minimum absolute atomic E-state index is 0.159. The summed E-state index contributed by atoms with van der Waals surface area (Å²) in [4.78, 5) is 12.3. The summed E-state index contributed by atoms with van der Waals surface area (Å²) in [6.45, 7) is 2.54. The van der Waals surface area contributed by atoms with Crippen LogP contribution < -0.4 is 19.6 Å². The number of terminal acetylenes is 1.